The highest BCUT2D eigenvalue weighted by molar-refractivity contribution is 5.66. The van der Waals surface area contributed by atoms with Crippen molar-refractivity contribution >= 4 is 0 Å². The van der Waals surface area contributed by atoms with Gasteiger partial charge in [-0.3, -0.25) is 0 Å². The predicted octanol–water partition coefficient (Wildman–Crippen LogP) is 8.88. The van der Waals surface area contributed by atoms with Gasteiger partial charge in [-0.2, -0.15) is 0 Å². The highest BCUT2D eigenvalue weighted by Gasteiger charge is 2.32. The third-order valence-electron chi connectivity index (χ3n) is 7.73. The first-order valence-electron chi connectivity index (χ1n) is 12.5. The summed E-state index contributed by atoms with van der Waals surface area (Å²) in [6.45, 7) is 2.26. The van der Waals surface area contributed by atoms with Crippen LogP contribution in [-0.2, 0) is 12.8 Å². The van der Waals surface area contributed by atoms with Crippen LogP contribution in [0.25, 0.3) is 11.1 Å². The maximum Gasteiger partial charge on any atom is 0.573 e. The van der Waals surface area contributed by atoms with Crippen LogP contribution in [0.15, 0.2) is 36.4 Å². The smallest absolute Gasteiger partial charge is 0.406 e. The number of alkyl halides is 3. The fourth-order valence-corrected chi connectivity index (χ4v) is 5.90. The molecular formula is C28H34F4O. The van der Waals surface area contributed by atoms with Crippen molar-refractivity contribution in [3.8, 4) is 16.9 Å². The molecule has 2 aromatic rings. The van der Waals surface area contributed by atoms with Crippen LogP contribution in [0.1, 0.15) is 75.8 Å². The Bertz CT molecular complexity index is 911. The van der Waals surface area contributed by atoms with Gasteiger partial charge in [0, 0.05) is 5.56 Å². The number of hydrogen-bond acceptors (Lipinski definition) is 1. The first-order chi connectivity index (χ1) is 15.8. The fourth-order valence-electron chi connectivity index (χ4n) is 5.90. The van der Waals surface area contributed by atoms with Gasteiger partial charge in [-0.05, 0) is 90.8 Å². The van der Waals surface area contributed by atoms with E-state index in [9.17, 15) is 17.6 Å². The van der Waals surface area contributed by atoms with Gasteiger partial charge >= 0.3 is 6.36 Å². The van der Waals surface area contributed by atoms with Crippen LogP contribution >= 0.6 is 0 Å². The van der Waals surface area contributed by atoms with Gasteiger partial charge in [0.15, 0.2) is 0 Å². The quantitative estimate of drug-likeness (QED) is 0.295. The van der Waals surface area contributed by atoms with E-state index < -0.39 is 6.36 Å². The van der Waals surface area contributed by atoms with Crippen molar-refractivity contribution in [2.75, 3.05) is 0 Å². The first kappa shape index (κ1) is 24.1. The summed E-state index contributed by atoms with van der Waals surface area (Å²) in [5.41, 5.74) is 3.29. The summed E-state index contributed by atoms with van der Waals surface area (Å²) < 4.78 is 56.1. The molecule has 1 nitrogen and oxygen atoms in total. The van der Waals surface area contributed by atoms with Gasteiger partial charge in [-0.25, -0.2) is 4.39 Å². The maximum absolute atomic E-state index is 15.0. The van der Waals surface area contributed by atoms with Crippen LogP contribution in [0.5, 0.6) is 5.75 Å². The van der Waals surface area contributed by atoms with Crippen molar-refractivity contribution in [2.24, 2.45) is 17.8 Å². The molecule has 0 saturated heterocycles. The zero-order chi connectivity index (χ0) is 23.4. The molecule has 1 fully saturated rings. The van der Waals surface area contributed by atoms with Crippen molar-refractivity contribution in [3.63, 3.8) is 0 Å². The Labute approximate surface area is 194 Å². The molecule has 2 aliphatic carbocycles. The van der Waals surface area contributed by atoms with E-state index in [4.69, 9.17) is 0 Å². The van der Waals surface area contributed by atoms with E-state index in [0.29, 0.717) is 17.0 Å². The molecule has 180 valence electrons. The maximum atomic E-state index is 15.0. The molecule has 0 bridgehead atoms. The summed E-state index contributed by atoms with van der Waals surface area (Å²) >= 11 is 0. The standard InChI is InChI=1S/C28H34F4O/c1-2-3-4-5-19-6-8-20(9-7-19)22-10-11-23-17-26(27(29)18-24(23)16-22)21-12-14-25(15-13-21)33-28(30,31)32/h12-15,17-20,22H,2-11,16H2,1H3. The number of aryl methyl sites for hydroxylation is 1. The minimum Gasteiger partial charge on any atom is -0.406 e. The van der Waals surface area contributed by atoms with E-state index in [1.807, 2.05) is 6.07 Å². The summed E-state index contributed by atoms with van der Waals surface area (Å²) in [5.74, 6) is 1.69. The van der Waals surface area contributed by atoms with Gasteiger partial charge in [0.1, 0.15) is 11.6 Å². The summed E-state index contributed by atoms with van der Waals surface area (Å²) in [6, 6.07) is 8.98. The second-order valence-electron chi connectivity index (χ2n) is 9.95. The zero-order valence-corrected chi connectivity index (χ0v) is 19.4. The Morgan fingerprint density at radius 3 is 2.27 bits per heavy atom. The largest absolute Gasteiger partial charge is 0.573 e. The van der Waals surface area contributed by atoms with Crippen LogP contribution in [0, 0.1) is 23.6 Å². The van der Waals surface area contributed by atoms with E-state index >= 15 is 0 Å². The SMILES string of the molecule is CCCCCC1CCC(C2CCc3cc(-c4ccc(OC(F)(F)F)cc4)c(F)cc3C2)CC1. The van der Waals surface area contributed by atoms with Crippen LogP contribution in [0.2, 0.25) is 0 Å². The van der Waals surface area contributed by atoms with Crippen LogP contribution in [-0.4, -0.2) is 6.36 Å². The van der Waals surface area contributed by atoms with Gasteiger partial charge in [0.25, 0.3) is 0 Å². The summed E-state index contributed by atoms with van der Waals surface area (Å²) in [7, 11) is 0. The topological polar surface area (TPSA) is 9.23 Å². The van der Waals surface area contributed by atoms with Crippen LogP contribution < -0.4 is 4.74 Å². The molecule has 33 heavy (non-hydrogen) atoms. The molecule has 2 aromatic carbocycles. The van der Waals surface area contributed by atoms with E-state index in [1.165, 1.54) is 81.2 Å². The zero-order valence-electron chi connectivity index (χ0n) is 19.4. The fraction of sp³-hybridized carbons (Fsp3) is 0.571. The van der Waals surface area contributed by atoms with Gasteiger partial charge < -0.3 is 4.74 Å². The molecule has 0 aromatic heterocycles. The number of hydrogen-bond donors (Lipinski definition) is 0. The minimum absolute atomic E-state index is 0.299. The molecule has 1 saturated carbocycles. The van der Waals surface area contributed by atoms with Crippen molar-refractivity contribution in [3.05, 3.63) is 53.3 Å². The van der Waals surface area contributed by atoms with Crippen molar-refractivity contribution in [2.45, 2.75) is 83.9 Å². The Hall–Kier alpha value is -2.04. The second kappa shape index (κ2) is 10.5. The summed E-state index contributed by atoms with van der Waals surface area (Å²) in [5, 5.41) is 0. The van der Waals surface area contributed by atoms with E-state index in [2.05, 4.69) is 11.7 Å². The van der Waals surface area contributed by atoms with Crippen molar-refractivity contribution < 1.29 is 22.3 Å². The lowest BCUT2D eigenvalue weighted by molar-refractivity contribution is -0.274. The summed E-state index contributed by atoms with van der Waals surface area (Å²) in [4.78, 5) is 0. The lowest BCUT2D eigenvalue weighted by atomic mass is 9.69. The molecule has 0 heterocycles. The highest BCUT2D eigenvalue weighted by atomic mass is 19.4. The summed E-state index contributed by atoms with van der Waals surface area (Å²) in [6.07, 6.45) is 8.98. The molecule has 2 aliphatic rings. The lowest BCUT2D eigenvalue weighted by Gasteiger charge is -2.36. The average Bonchev–Trinajstić information content (AvgIpc) is 2.78. The van der Waals surface area contributed by atoms with Crippen molar-refractivity contribution in [1.82, 2.24) is 0 Å². The molecule has 0 N–H and O–H groups in total. The van der Waals surface area contributed by atoms with Gasteiger partial charge in [0.05, 0.1) is 0 Å². The second-order valence-corrected chi connectivity index (χ2v) is 9.95. The van der Waals surface area contributed by atoms with Crippen molar-refractivity contribution in [1.29, 1.82) is 0 Å². The molecule has 1 unspecified atom stereocenters. The molecule has 1 atom stereocenters. The molecule has 0 radical (unpaired) electrons. The molecular weight excluding hydrogens is 428 g/mol. The molecule has 4 rings (SSSR count). The number of fused-ring (bicyclic) bond motifs is 1. The first-order valence-corrected chi connectivity index (χ1v) is 12.5. The number of rotatable bonds is 7. The van der Waals surface area contributed by atoms with Crippen LogP contribution in [0.3, 0.4) is 0 Å². The van der Waals surface area contributed by atoms with Crippen LogP contribution in [0.4, 0.5) is 17.6 Å². The monoisotopic (exact) mass is 462 g/mol. The molecule has 0 amide bonds. The third kappa shape index (κ3) is 6.30. The third-order valence-corrected chi connectivity index (χ3v) is 7.73. The normalized spacial score (nSPS) is 23.2. The Morgan fingerprint density at radius 1 is 0.879 bits per heavy atom. The predicted molar refractivity (Wildman–Crippen MR) is 124 cm³/mol. The number of ether oxygens (including phenoxy) is 1. The molecule has 5 heteroatoms. The van der Waals surface area contributed by atoms with Gasteiger partial charge in [0.2, 0.25) is 0 Å². The van der Waals surface area contributed by atoms with E-state index in [-0.39, 0.29) is 11.6 Å². The average molecular weight is 463 g/mol. The minimum atomic E-state index is -4.73. The Kier molecular flexibility index (Phi) is 7.65. The van der Waals surface area contributed by atoms with E-state index in [1.54, 1.807) is 6.07 Å². The Balaban J connectivity index is 1.39. The van der Waals surface area contributed by atoms with Gasteiger partial charge in [-0.15, -0.1) is 13.2 Å². The number of unbranched alkanes of at least 4 members (excludes halogenated alkanes) is 2. The lowest BCUT2D eigenvalue weighted by Crippen LogP contribution is -2.26. The highest BCUT2D eigenvalue weighted by Crippen LogP contribution is 2.42. The molecule has 0 spiro atoms. The van der Waals surface area contributed by atoms with Gasteiger partial charge in [-0.1, -0.05) is 57.6 Å². The Morgan fingerprint density at radius 2 is 1.61 bits per heavy atom. The van der Waals surface area contributed by atoms with E-state index in [0.717, 1.165) is 36.7 Å². The number of halogens is 4. The molecule has 0 aliphatic heterocycles. The number of benzene rings is 2.